The van der Waals surface area contributed by atoms with Crippen molar-refractivity contribution in [3.8, 4) is 0 Å². The summed E-state index contributed by atoms with van der Waals surface area (Å²) in [6.07, 6.45) is 3.03. The highest BCUT2D eigenvalue weighted by Crippen LogP contribution is 2.65. The van der Waals surface area contributed by atoms with Crippen molar-refractivity contribution in [2.75, 3.05) is 0 Å². The quantitative estimate of drug-likeness (QED) is 0.789. The molecule has 1 N–H and O–H groups in total. The molecule has 2 aliphatic rings. The van der Waals surface area contributed by atoms with Crippen LogP contribution in [-0.2, 0) is 12.0 Å². The topological polar surface area (TPSA) is 20.7 Å². The normalized spacial score (nSPS) is 28.0. The zero-order valence-corrected chi connectivity index (χ0v) is 11.0. The third-order valence-electron chi connectivity index (χ3n) is 4.21. The van der Waals surface area contributed by atoms with Gasteiger partial charge in [-0.1, -0.05) is 11.6 Å². The first kappa shape index (κ1) is 10.8. The molecule has 1 aromatic heterocycles. The van der Waals surface area contributed by atoms with E-state index < -0.39 is 0 Å². The van der Waals surface area contributed by atoms with E-state index in [2.05, 4.69) is 9.55 Å². The SMILES string of the molecule is Fc1cc(Cl)cc([C@]23CC2c2c[nH]c(=S)n2C3)c1. The number of nitrogens with one attached hydrogen (secondary N) is 1. The van der Waals surface area contributed by atoms with E-state index >= 15 is 0 Å². The summed E-state index contributed by atoms with van der Waals surface area (Å²) in [4.78, 5) is 3.07. The molecule has 2 aromatic rings. The highest BCUT2D eigenvalue weighted by Gasteiger charge is 2.61. The minimum Gasteiger partial charge on any atom is -0.337 e. The van der Waals surface area contributed by atoms with Gasteiger partial charge in [-0.05, 0) is 42.4 Å². The number of aromatic nitrogens is 2. The van der Waals surface area contributed by atoms with Gasteiger partial charge in [0.05, 0.1) is 0 Å². The van der Waals surface area contributed by atoms with Crippen LogP contribution in [0.4, 0.5) is 4.39 Å². The van der Waals surface area contributed by atoms with Crippen LogP contribution in [0.15, 0.2) is 24.4 Å². The molecule has 1 aliphatic carbocycles. The molecule has 1 aliphatic heterocycles. The van der Waals surface area contributed by atoms with Gasteiger partial charge in [0.25, 0.3) is 0 Å². The maximum Gasteiger partial charge on any atom is 0.177 e. The first-order chi connectivity index (χ1) is 8.60. The summed E-state index contributed by atoms with van der Waals surface area (Å²) >= 11 is 11.2. The number of benzene rings is 1. The second kappa shape index (κ2) is 3.25. The molecule has 1 saturated carbocycles. The van der Waals surface area contributed by atoms with Crippen LogP contribution in [0.3, 0.4) is 0 Å². The zero-order valence-electron chi connectivity index (χ0n) is 9.41. The Morgan fingerprint density at radius 2 is 2.28 bits per heavy atom. The predicted molar refractivity (Wildman–Crippen MR) is 70.1 cm³/mol. The largest absolute Gasteiger partial charge is 0.337 e. The summed E-state index contributed by atoms with van der Waals surface area (Å²) in [6.45, 7) is 0.828. The van der Waals surface area contributed by atoms with Crippen molar-refractivity contribution in [2.24, 2.45) is 0 Å². The molecule has 0 radical (unpaired) electrons. The molecular formula is C13H10ClFN2S. The molecule has 1 fully saturated rings. The second-order valence-corrected chi connectivity index (χ2v) is 6.00. The zero-order chi connectivity index (χ0) is 12.5. The van der Waals surface area contributed by atoms with Crippen LogP contribution in [0, 0.1) is 10.6 Å². The van der Waals surface area contributed by atoms with Crippen molar-refractivity contribution >= 4 is 23.8 Å². The number of aromatic amines is 1. The molecule has 0 amide bonds. The monoisotopic (exact) mass is 280 g/mol. The molecule has 5 heteroatoms. The van der Waals surface area contributed by atoms with Crippen LogP contribution in [0.1, 0.15) is 23.6 Å². The average molecular weight is 281 g/mol. The number of halogens is 2. The van der Waals surface area contributed by atoms with Crippen molar-refractivity contribution in [3.63, 3.8) is 0 Å². The fraction of sp³-hybridized carbons (Fsp3) is 0.308. The van der Waals surface area contributed by atoms with E-state index in [-0.39, 0.29) is 11.2 Å². The van der Waals surface area contributed by atoms with Crippen LogP contribution in [0.2, 0.25) is 5.02 Å². The molecule has 0 saturated heterocycles. The van der Waals surface area contributed by atoms with Crippen molar-refractivity contribution < 1.29 is 4.39 Å². The summed E-state index contributed by atoms with van der Waals surface area (Å²) in [6, 6.07) is 4.83. The molecule has 4 rings (SSSR count). The molecule has 2 nitrogen and oxygen atoms in total. The summed E-state index contributed by atoms with van der Waals surface area (Å²) in [5.74, 6) is 0.183. The Kier molecular flexibility index (Phi) is 1.94. The molecular weight excluding hydrogens is 271 g/mol. The number of H-pyrrole nitrogens is 1. The minimum atomic E-state index is -0.265. The Balaban J connectivity index is 1.83. The molecule has 1 aromatic carbocycles. The fourth-order valence-electron chi connectivity index (χ4n) is 3.26. The minimum absolute atomic E-state index is 0.0176. The van der Waals surface area contributed by atoms with Gasteiger partial charge in [-0.25, -0.2) is 4.39 Å². The van der Waals surface area contributed by atoms with E-state index in [0.29, 0.717) is 10.9 Å². The van der Waals surface area contributed by atoms with Crippen molar-refractivity contribution in [3.05, 3.63) is 51.3 Å². The molecule has 0 bridgehead atoms. The smallest absolute Gasteiger partial charge is 0.177 e. The Bertz CT molecular complexity index is 700. The predicted octanol–water partition coefficient (Wildman–Crippen LogP) is 3.78. The maximum atomic E-state index is 13.5. The second-order valence-electron chi connectivity index (χ2n) is 5.18. The number of rotatable bonds is 1. The Morgan fingerprint density at radius 1 is 1.44 bits per heavy atom. The number of nitrogens with zero attached hydrogens (tertiary/aromatic N) is 1. The molecule has 2 atom stereocenters. The molecule has 2 heterocycles. The van der Waals surface area contributed by atoms with E-state index in [1.54, 1.807) is 6.07 Å². The van der Waals surface area contributed by atoms with E-state index in [1.807, 2.05) is 12.3 Å². The van der Waals surface area contributed by atoms with Crippen LogP contribution >= 0.6 is 23.8 Å². The third-order valence-corrected chi connectivity index (χ3v) is 4.77. The lowest BCUT2D eigenvalue weighted by atomic mass is 9.94. The molecule has 18 heavy (non-hydrogen) atoms. The molecule has 92 valence electrons. The highest BCUT2D eigenvalue weighted by atomic mass is 35.5. The lowest BCUT2D eigenvalue weighted by Gasteiger charge is -2.13. The Morgan fingerprint density at radius 3 is 3.00 bits per heavy atom. The van der Waals surface area contributed by atoms with E-state index in [0.717, 1.165) is 23.3 Å². The number of fused-ring (bicyclic) bond motifs is 3. The van der Waals surface area contributed by atoms with Gasteiger partial charge in [-0.3, -0.25) is 0 Å². The van der Waals surface area contributed by atoms with Gasteiger partial charge in [-0.2, -0.15) is 0 Å². The maximum absolute atomic E-state index is 13.5. The van der Waals surface area contributed by atoms with Crippen molar-refractivity contribution in [1.82, 2.24) is 9.55 Å². The van der Waals surface area contributed by atoms with Crippen LogP contribution in [-0.4, -0.2) is 9.55 Å². The van der Waals surface area contributed by atoms with E-state index in [1.165, 1.54) is 11.8 Å². The summed E-state index contributed by atoms with van der Waals surface area (Å²) in [5, 5.41) is 0.465. The van der Waals surface area contributed by atoms with Gasteiger partial charge >= 0.3 is 0 Å². The lowest BCUT2D eigenvalue weighted by molar-refractivity contribution is 0.570. The lowest BCUT2D eigenvalue weighted by Crippen LogP contribution is -2.12. The summed E-state index contributed by atoms with van der Waals surface area (Å²) in [7, 11) is 0. The Hall–Kier alpha value is -1.13. The van der Waals surface area contributed by atoms with Gasteiger partial charge in [-0.15, -0.1) is 0 Å². The van der Waals surface area contributed by atoms with Gasteiger partial charge < -0.3 is 9.55 Å². The number of imidazole rings is 1. The van der Waals surface area contributed by atoms with Gasteiger partial charge in [0.2, 0.25) is 0 Å². The molecule has 1 unspecified atom stereocenters. The van der Waals surface area contributed by atoms with Gasteiger partial charge in [0, 0.05) is 34.8 Å². The van der Waals surface area contributed by atoms with Crippen LogP contribution in [0.25, 0.3) is 0 Å². The standard InChI is InChI=1S/C13H10ClFN2S/c14-8-1-7(2-9(15)3-8)13-4-10(13)11-5-16-12(18)17(11)6-13/h1-3,5,10H,4,6H2,(H,16,18)/t10?,13-/m1/s1. The van der Waals surface area contributed by atoms with Gasteiger partial charge in [0.15, 0.2) is 4.77 Å². The van der Waals surface area contributed by atoms with E-state index in [9.17, 15) is 4.39 Å². The molecule has 0 spiro atoms. The summed E-state index contributed by atoms with van der Waals surface area (Å²) in [5.41, 5.74) is 2.25. The number of hydrogen-bond donors (Lipinski definition) is 1. The van der Waals surface area contributed by atoms with E-state index in [4.69, 9.17) is 23.8 Å². The number of hydrogen-bond acceptors (Lipinski definition) is 1. The first-order valence-corrected chi connectivity index (χ1v) is 6.63. The van der Waals surface area contributed by atoms with Crippen molar-refractivity contribution in [1.29, 1.82) is 0 Å². The Labute approximate surface area is 113 Å². The summed E-state index contributed by atoms with van der Waals surface area (Å²) < 4.78 is 16.3. The van der Waals surface area contributed by atoms with Gasteiger partial charge in [0.1, 0.15) is 5.82 Å². The fourth-order valence-corrected chi connectivity index (χ4v) is 3.71. The third kappa shape index (κ3) is 1.25. The first-order valence-electron chi connectivity index (χ1n) is 5.85. The highest BCUT2D eigenvalue weighted by molar-refractivity contribution is 7.71. The average Bonchev–Trinajstić information content (AvgIpc) is 2.78. The van der Waals surface area contributed by atoms with Crippen molar-refractivity contribution in [2.45, 2.75) is 24.3 Å². The van der Waals surface area contributed by atoms with Crippen LogP contribution in [0.5, 0.6) is 0 Å². The van der Waals surface area contributed by atoms with Crippen LogP contribution < -0.4 is 0 Å².